The summed E-state index contributed by atoms with van der Waals surface area (Å²) in [6, 6.07) is 7.69. The lowest BCUT2D eigenvalue weighted by molar-refractivity contribution is -0.349. The van der Waals surface area contributed by atoms with Gasteiger partial charge < -0.3 is 41.8 Å². The highest BCUT2D eigenvalue weighted by molar-refractivity contribution is 6.71. The molecule has 13 heteroatoms. The van der Waals surface area contributed by atoms with Crippen LogP contribution in [0.1, 0.15) is 18.1 Å². The van der Waals surface area contributed by atoms with Crippen molar-refractivity contribution in [3.05, 3.63) is 35.4 Å². The second-order valence-corrected chi connectivity index (χ2v) is 34.0. The fraction of sp³-hybridized carbons (Fsp3) is 0.806. The van der Waals surface area contributed by atoms with Gasteiger partial charge in [0, 0.05) is 19.8 Å². The zero-order valence-electron chi connectivity index (χ0n) is 30.2. The van der Waals surface area contributed by atoms with Gasteiger partial charge in [-0.3, -0.25) is 0 Å². The van der Waals surface area contributed by atoms with E-state index >= 15 is 0 Å². The first-order valence-corrected chi connectivity index (χ1v) is 29.3. The van der Waals surface area contributed by atoms with Crippen molar-refractivity contribution < 1.29 is 41.8 Å². The first kappa shape index (κ1) is 39.9. The normalized spacial score (nSPS) is 25.8. The predicted octanol–water partition coefficient (Wildman–Crippen LogP) is 6.31. The molecule has 1 saturated heterocycles. The van der Waals surface area contributed by atoms with Crippen molar-refractivity contribution in [3.63, 3.8) is 0 Å². The van der Waals surface area contributed by atoms with Crippen LogP contribution in [0.3, 0.4) is 0 Å². The standard InChI is InChI=1S/C31H62O9Si4/c1-30(22-33-2,23-34-3)35-20-24-18-16-17-19-25(24)31(32)29(40-44(13,14)15)28(39-43(10,11)12)27(38-42(7,8)9)26(37-31)21-36-41(4,5)6/h16-19,26-29,32H,20-23H2,1-15H3. The van der Waals surface area contributed by atoms with Crippen LogP contribution < -0.4 is 0 Å². The molecule has 1 fully saturated rings. The van der Waals surface area contributed by atoms with Gasteiger partial charge in [-0.15, -0.1) is 0 Å². The van der Waals surface area contributed by atoms with Crippen molar-refractivity contribution in [1.82, 2.24) is 0 Å². The van der Waals surface area contributed by atoms with Crippen LogP contribution in [0.4, 0.5) is 0 Å². The molecule has 0 spiro atoms. The maximum Gasteiger partial charge on any atom is 0.221 e. The largest absolute Gasteiger partial charge is 0.415 e. The summed E-state index contributed by atoms with van der Waals surface area (Å²) >= 11 is 0. The molecular formula is C31H62O9Si4. The minimum absolute atomic E-state index is 0.204. The minimum Gasteiger partial charge on any atom is -0.415 e. The van der Waals surface area contributed by atoms with E-state index in [9.17, 15) is 5.11 Å². The van der Waals surface area contributed by atoms with Crippen molar-refractivity contribution >= 4 is 33.3 Å². The molecule has 0 bridgehead atoms. The van der Waals surface area contributed by atoms with E-state index in [1.807, 2.05) is 31.2 Å². The quantitative estimate of drug-likeness (QED) is 0.189. The molecule has 0 aliphatic carbocycles. The van der Waals surface area contributed by atoms with Crippen molar-refractivity contribution in [3.8, 4) is 0 Å². The fourth-order valence-electron chi connectivity index (χ4n) is 5.25. The van der Waals surface area contributed by atoms with Crippen LogP contribution in [0.15, 0.2) is 24.3 Å². The maximum absolute atomic E-state index is 13.0. The summed E-state index contributed by atoms with van der Waals surface area (Å²) in [7, 11) is -5.23. The van der Waals surface area contributed by atoms with Gasteiger partial charge in [0.25, 0.3) is 0 Å². The van der Waals surface area contributed by atoms with E-state index in [1.54, 1.807) is 14.2 Å². The third-order valence-electron chi connectivity index (χ3n) is 6.72. The molecule has 1 aliphatic heterocycles. The summed E-state index contributed by atoms with van der Waals surface area (Å²) in [5, 5.41) is 13.0. The molecule has 5 unspecified atom stereocenters. The molecule has 0 radical (unpaired) electrons. The molecule has 1 aliphatic rings. The number of methoxy groups -OCH3 is 2. The average molecular weight is 691 g/mol. The van der Waals surface area contributed by atoms with Crippen molar-refractivity contribution in [1.29, 1.82) is 0 Å². The number of benzene rings is 1. The van der Waals surface area contributed by atoms with E-state index in [4.69, 9.17) is 36.7 Å². The van der Waals surface area contributed by atoms with Gasteiger partial charge in [-0.05, 0) is 91.1 Å². The monoisotopic (exact) mass is 690 g/mol. The Morgan fingerprint density at radius 3 is 1.73 bits per heavy atom. The van der Waals surface area contributed by atoms with E-state index in [0.717, 1.165) is 5.56 Å². The molecule has 0 aromatic heterocycles. The Hall–Kier alpha value is -0.272. The lowest BCUT2D eigenvalue weighted by Gasteiger charge is -2.54. The number of hydrogen-bond donors (Lipinski definition) is 1. The molecule has 256 valence electrons. The van der Waals surface area contributed by atoms with Gasteiger partial charge in [0.05, 0.1) is 26.4 Å². The van der Waals surface area contributed by atoms with Crippen molar-refractivity contribution in [2.45, 2.75) is 128 Å². The Morgan fingerprint density at radius 2 is 1.25 bits per heavy atom. The Kier molecular flexibility index (Phi) is 13.9. The van der Waals surface area contributed by atoms with Gasteiger partial charge >= 0.3 is 0 Å². The second-order valence-electron chi connectivity index (χ2n) is 16.1. The lowest BCUT2D eigenvalue weighted by Crippen LogP contribution is -2.69. The van der Waals surface area contributed by atoms with Gasteiger partial charge in [0.2, 0.25) is 5.79 Å². The van der Waals surface area contributed by atoms with Crippen molar-refractivity contribution in [2.75, 3.05) is 34.0 Å². The summed E-state index contributed by atoms with van der Waals surface area (Å²) in [4.78, 5) is 0. The highest BCUT2D eigenvalue weighted by Crippen LogP contribution is 2.44. The highest BCUT2D eigenvalue weighted by Gasteiger charge is 2.59. The van der Waals surface area contributed by atoms with E-state index in [2.05, 4.69) is 78.6 Å². The van der Waals surface area contributed by atoms with E-state index in [0.29, 0.717) is 18.8 Å². The molecule has 9 nitrogen and oxygen atoms in total. The minimum atomic E-state index is -2.27. The third kappa shape index (κ3) is 12.4. The molecule has 0 saturated carbocycles. The second kappa shape index (κ2) is 15.3. The summed E-state index contributed by atoms with van der Waals surface area (Å²) < 4.78 is 51.4. The zero-order chi connectivity index (χ0) is 33.8. The zero-order valence-corrected chi connectivity index (χ0v) is 34.2. The van der Waals surface area contributed by atoms with Crippen LogP contribution in [0.2, 0.25) is 78.6 Å². The van der Waals surface area contributed by atoms with E-state index < -0.39 is 69.1 Å². The van der Waals surface area contributed by atoms with Crippen LogP contribution in [-0.2, 0) is 49.0 Å². The van der Waals surface area contributed by atoms with E-state index in [1.165, 1.54) is 0 Å². The molecule has 1 N–H and O–H groups in total. The Labute approximate surface area is 271 Å². The number of hydrogen-bond acceptors (Lipinski definition) is 9. The molecule has 44 heavy (non-hydrogen) atoms. The number of rotatable bonds is 17. The maximum atomic E-state index is 13.0. The Bertz CT molecular complexity index is 1030. The number of ether oxygens (including phenoxy) is 4. The van der Waals surface area contributed by atoms with Crippen LogP contribution in [-0.4, -0.2) is 102 Å². The van der Waals surface area contributed by atoms with Gasteiger partial charge in [-0.2, -0.15) is 0 Å². The Balaban J connectivity index is 2.77. The van der Waals surface area contributed by atoms with Crippen LogP contribution in [0, 0.1) is 0 Å². The molecule has 1 aromatic carbocycles. The molecule has 5 atom stereocenters. The summed E-state index contributed by atoms with van der Waals surface area (Å²) in [6.07, 6.45) is -2.52. The smallest absolute Gasteiger partial charge is 0.221 e. The fourth-order valence-corrected chi connectivity index (χ4v) is 9.15. The predicted molar refractivity (Wildman–Crippen MR) is 186 cm³/mol. The van der Waals surface area contributed by atoms with Crippen LogP contribution >= 0.6 is 0 Å². The van der Waals surface area contributed by atoms with Gasteiger partial charge in [0.15, 0.2) is 33.3 Å². The molecule has 1 aromatic rings. The van der Waals surface area contributed by atoms with Gasteiger partial charge in [0.1, 0.15) is 30.0 Å². The number of aliphatic hydroxyl groups is 1. The van der Waals surface area contributed by atoms with Gasteiger partial charge in [-0.25, -0.2) is 0 Å². The van der Waals surface area contributed by atoms with Crippen LogP contribution in [0.25, 0.3) is 0 Å². The molecular weight excluding hydrogens is 629 g/mol. The SMILES string of the molecule is COCC(C)(COC)OCc1ccccc1C1(O)OC(CO[Si](C)(C)C)C(O[Si](C)(C)C)C(O[Si](C)(C)C)C1O[Si](C)(C)C. The van der Waals surface area contributed by atoms with Crippen molar-refractivity contribution in [2.24, 2.45) is 0 Å². The molecule has 1 heterocycles. The highest BCUT2D eigenvalue weighted by atomic mass is 28.4. The molecule has 2 rings (SSSR count). The van der Waals surface area contributed by atoms with Gasteiger partial charge in [-0.1, -0.05) is 24.3 Å². The van der Waals surface area contributed by atoms with Crippen LogP contribution in [0.5, 0.6) is 0 Å². The average Bonchev–Trinajstić information content (AvgIpc) is 2.83. The summed E-state index contributed by atoms with van der Waals surface area (Å²) in [6.45, 7) is 28.9. The summed E-state index contributed by atoms with van der Waals surface area (Å²) in [5.74, 6) is -1.86. The Morgan fingerprint density at radius 1 is 0.750 bits per heavy atom. The first-order chi connectivity index (χ1) is 19.9. The third-order valence-corrected chi connectivity index (χ3v) is 10.7. The van der Waals surface area contributed by atoms with E-state index in [-0.39, 0.29) is 13.2 Å². The molecule has 0 amide bonds. The summed E-state index contributed by atoms with van der Waals surface area (Å²) in [5.41, 5.74) is 0.668. The first-order valence-electron chi connectivity index (χ1n) is 15.7. The topological polar surface area (TPSA) is 94.1 Å². The lowest BCUT2D eigenvalue weighted by atomic mass is 9.86.